The van der Waals surface area contributed by atoms with E-state index in [0.29, 0.717) is 28.0 Å². The molecule has 13 heteroatoms. The topological polar surface area (TPSA) is 150 Å². The van der Waals surface area contributed by atoms with Crippen LogP contribution in [0.5, 0.6) is 5.75 Å². The van der Waals surface area contributed by atoms with E-state index in [0.717, 1.165) is 16.1 Å². The molecule has 0 spiro atoms. The van der Waals surface area contributed by atoms with Crippen molar-refractivity contribution in [3.63, 3.8) is 0 Å². The number of ether oxygens (including phenoxy) is 1. The summed E-state index contributed by atoms with van der Waals surface area (Å²) in [5.74, 6) is 0.351. The van der Waals surface area contributed by atoms with Gasteiger partial charge in [-0.25, -0.2) is 17.5 Å². The van der Waals surface area contributed by atoms with Gasteiger partial charge in [-0.1, -0.05) is 30.0 Å². The van der Waals surface area contributed by atoms with Crippen molar-refractivity contribution >= 4 is 33.7 Å². The predicted octanol–water partition coefficient (Wildman–Crippen LogP) is 1.87. The van der Waals surface area contributed by atoms with Crippen molar-refractivity contribution in [3.05, 3.63) is 48.5 Å². The Bertz CT molecular complexity index is 1320. The smallest absolute Gasteiger partial charge is 0.318 e. The molecule has 0 saturated heterocycles. The van der Waals surface area contributed by atoms with Gasteiger partial charge in [-0.15, -0.1) is 10.2 Å². The zero-order chi connectivity index (χ0) is 25.0. The Morgan fingerprint density at radius 1 is 1.15 bits per heavy atom. The largest absolute Gasteiger partial charge is 0.497 e. The lowest BCUT2D eigenvalue weighted by molar-refractivity contribution is -0.119. The van der Waals surface area contributed by atoms with Crippen molar-refractivity contribution in [2.45, 2.75) is 22.2 Å². The molecule has 0 aliphatic heterocycles. The minimum Gasteiger partial charge on any atom is -0.497 e. The van der Waals surface area contributed by atoms with Gasteiger partial charge in [0, 0.05) is 25.7 Å². The number of nitrogens with two attached hydrogens (primary N) is 1. The molecule has 3 rings (SSSR count). The van der Waals surface area contributed by atoms with Crippen molar-refractivity contribution in [2.75, 3.05) is 21.2 Å². The van der Waals surface area contributed by atoms with Crippen molar-refractivity contribution < 1.29 is 22.7 Å². The maximum atomic E-state index is 12.6. The quantitative estimate of drug-likeness (QED) is 0.442. The van der Waals surface area contributed by atoms with Crippen LogP contribution in [0.2, 0.25) is 0 Å². The van der Waals surface area contributed by atoms with Crippen molar-refractivity contribution in [2.24, 2.45) is 5.73 Å². The first-order valence-electron chi connectivity index (χ1n) is 9.94. The lowest BCUT2D eigenvalue weighted by Gasteiger charge is -2.15. The number of aromatic nitrogens is 3. The SMILES string of the molecule is COc1cccc(-n2c(S[C@@H](C)C(=O)NC(N)=O)nnc2-c2cccc(S(=O)(=O)N(C)C)c2)c1. The van der Waals surface area contributed by atoms with E-state index in [-0.39, 0.29) is 4.90 Å². The number of hydrogen-bond donors (Lipinski definition) is 2. The Balaban J connectivity index is 2.14. The Morgan fingerprint density at radius 3 is 2.50 bits per heavy atom. The van der Waals surface area contributed by atoms with Crippen molar-refractivity contribution in [3.8, 4) is 22.8 Å². The third-order valence-electron chi connectivity index (χ3n) is 4.71. The highest BCUT2D eigenvalue weighted by Gasteiger charge is 2.24. The van der Waals surface area contributed by atoms with Crippen LogP contribution >= 0.6 is 11.8 Å². The number of nitrogens with one attached hydrogen (secondary N) is 1. The number of carbonyl (C=O) groups is 2. The summed E-state index contributed by atoms with van der Waals surface area (Å²) in [5.41, 5.74) is 6.18. The molecule has 3 amide bonds. The summed E-state index contributed by atoms with van der Waals surface area (Å²) in [6.07, 6.45) is 0. The number of hydrogen-bond acceptors (Lipinski definition) is 8. The Hall–Kier alpha value is -3.42. The van der Waals surface area contributed by atoms with Gasteiger partial charge in [-0.05, 0) is 31.2 Å². The number of amides is 3. The van der Waals surface area contributed by atoms with E-state index in [9.17, 15) is 18.0 Å². The maximum absolute atomic E-state index is 12.6. The van der Waals surface area contributed by atoms with Crippen LogP contribution in [0.3, 0.4) is 0 Å². The highest BCUT2D eigenvalue weighted by molar-refractivity contribution is 8.00. The molecule has 0 fully saturated rings. The molecule has 0 aliphatic carbocycles. The second-order valence-electron chi connectivity index (χ2n) is 7.27. The van der Waals surface area contributed by atoms with E-state index < -0.39 is 27.2 Å². The minimum absolute atomic E-state index is 0.0959. The number of carbonyl (C=O) groups excluding carboxylic acids is 2. The summed E-state index contributed by atoms with van der Waals surface area (Å²) in [5, 5.41) is 10.2. The Kier molecular flexibility index (Phi) is 7.59. The molecule has 3 N–H and O–H groups in total. The zero-order valence-corrected chi connectivity index (χ0v) is 20.6. The molecular formula is C21H24N6O5S2. The lowest BCUT2D eigenvalue weighted by atomic mass is 10.2. The molecule has 0 saturated carbocycles. The number of primary amides is 1. The molecule has 1 atom stereocenters. The molecule has 0 unspecified atom stereocenters. The summed E-state index contributed by atoms with van der Waals surface area (Å²) in [6.45, 7) is 1.59. The number of nitrogens with zero attached hydrogens (tertiary/aromatic N) is 4. The van der Waals surface area contributed by atoms with E-state index in [1.165, 1.54) is 33.3 Å². The highest BCUT2D eigenvalue weighted by atomic mass is 32.2. The molecule has 0 radical (unpaired) electrons. The number of thioether (sulfide) groups is 1. The third kappa shape index (κ3) is 5.38. The van der Waals surface area contributed by atoms with Gasteiger partial charge in [-0.3, -0.25) is 14.7 Å². The fourth-order valence-electron chi connectivity index (χ4n) is 2.96. The first-order valence-corrected chi connectivity index (χ1v) is 12.3. The van der Waals surface area contributed by atoms with Gasteiger partial charge in [0.25, 0.3) is 0 Å². The van der Waals surface area contributed by atoms with Gasteiger partial charge < -0.3 is 10.5 Å². The van der Waals surface area contributed by atoms with Crippen molar-refractivity contribution in [1.82, 2.24) is 24.4 Å². The monoisotopic (exact) mass is 504 g/mol. The van der Waals surface area contributed by atoms with Crippen LogP contribution in [-0.2, 0) is 14.8 Å². The van der Waals surface area contributed by atoms with Crippen LogP contribution in [0, 0.1) is 0 Å². The van der Waals surface area contributed by atoms with Crippen LogP contribution < -0.4 is 15.8 Å². The molecule has 1 heterocycles. The number of benzene rings is 2. The summed E-state index contributed by atoms with van der Waals surface area (Å²) in [7, 11) is 0.764. The van der Waals surface area contributed by atoms with E-state index in [2.05, 4.69) is 10.2 Å². The third-order valence-corrected chi connectivity index (χ3v) is 7.57. The predicted molar refractivity (Wildman–Crippen MR) is 127 cm³/mol. The average Bonchev–Trinajstić information content (AvgIpc) is 3.22. The van der Waals surface area contributed by atoms with Gasteiger partial charge >= 0.3 is 6.03 Å². The Labute approximate surface area is 201 Å². The summed E-state index contributed by atoms with van der Waals surface area (Å²) in [6, 6.07) is 12.5. The van der Waals surface area contributed by atoms with E-state index in [1.807, 2.05) is 5.32 Å². The average molecular weight is 505 g/mol. The summed E-state index contributed by atoms with van der Waals surface area (Å²) in [4.78, 5) is 23.4. The molecule has 11 nitrogen and oxygen atoms in total. The van der Waals surface area contributed by atoms with Crippen LogP contribution in [0.25, 0.3) is 17.1 Å². The van der Waals surface area contributed by atoms with Gasteiger partial charge in [0.2, 0.25) is 15.9 Å². The molecule has 0 bridgehead atoms. The minimum atomic E-state index is -3.68. The van der Waals surface area contributed by atoms with E-state index in [1.54, 1.807) is 47.9 Å². The fraction of sp³-hybridized carbons (Fsp3) is 0.238. The van der Waals surface area contributed by atoms with Crippen LogP contribution in [0.15, 0.2) is 58.6 Å². The first kappa shape index (κ1) is 25.2. The van der Waals surface area contributed by atoms with Crippen LogP contribution in [0.1, 0.15) is 6.92 Å². The lowest BCUT2D eigenvalue weighted by Crippen LogP contribution is -2.39. The maximum Gasteiger partial charge on any atom is 0.318 e. The molecule has 2 aromatic carbocycles. The highest BCUT2D eigenvalue weighted by Crippen LogP contribution is 2.32. The van der Waals surface area contributed by atoms with Crippen LogP contribution in [-0.4, -0.2) is 65.9 Å². The summed E-state index contributed by atoms with van der Waals surface area (Å²) >= 11 is 1.06. The number of sulfonamides is 1. The normalized spacial score (nSPS) is 12.4. The fourth-order valence-corrected chi connectivity index (χ4v) is 4.77. The molecule has 3 aromatic rings. The number of imide groups is 1. The van der Waals surface area contributed by atoms with Gasteiger partial charge in [0.15, 0.2) is 11.0 Å². The van der Waals surface area contributed by atoms with Gasteiger partial charge in [0.1, 0.15) is 5.75 Å². The van der Waals surface area contributed by atoms with Crippen LogP contribution in [0.4, 0.5) is 4.79 Å². The van der Waals surface area contributed by atoms with E-state index >= 15 is 0 Å². The molecule has 1 aromatic heterocycles. The number of rotatable bonds is 8. The molecule has 180 valence electrons. The van der Waals surface area contributed by atoms with Gasteiger partial charge in [0.05, 0.1) is 22.9 Å². The standard InChI is InChI=1S/C21H24N6O5S2/c1-13(19(28)23-20(22)29)33-21-25-24-18(27(21)15-8-6-9-16(12-15)32-4)14-7-5-10-17(11-14)34(30,31)26(2)3/h5-13H,1-4H3,(H3,22,23,28,29)/t13-/m0/s1. The zero-order valence-electron chi connectivity index (χ0n) is 18.9. The molecule has 34 heavy (non-hydrogen) atoms. The number of methoxy groups -OCH3 is 1. The second kappa shape index (κ2) is 10.2. The summed E-state index contributed by atoms with van der Waals surface area (Å²) < 4.78 is 33.4. The first-order chi connectivity index (χ1) is 16.0. The van der Waals surface area contributed by atoms with E-state index in [4.69, 9.17) is 10.5 Å². The second-order valence-corrected chi connectivity index (χ2v) is 10.7. The molecule has 0 aliphatic rings. The van der Waals surface area contributed by atoms with Gasteiger partial charge in [-0.2, -0.15) is 0 Å². The Morgan fingerprint density at radius 2 is 1.85 bits per heavy atom. The van der Waals surface area contributed by atoms with Crippen molar-refractivity contribution in [1.29, 1.82) is 0 Å². The number of urea groups is 1. The molecular weight excluding hydrogens is 480 g/mol.